The van der Waals surface area contributed by atoms with Gasteiger partial charge in [-0.25, -0.2) is 0 Å². The van der Waals surface area contributed by atoms with Crippen LogP contribution in [0.5, 0.6) is 0 Å². The molecule has 0 saturated carbocycles. The van der Waals surface area contributed by atoms with Crippen LogP contribution in [0.15, 0.2) is 22.5 Å². The Kier molecular flexibility index (Phi) is 3.04. The molecule has 0 bridgehead atoms. The average Bonchev–Trinajstić information content (AvgIpc) is 2.24. The van der Waals surface area contributed by atoms with Crippen molar-refractivity contribution in [3.8, 4) is 0 Å². The lowest BCUT2D eigenvalue weighted by Gasteiger charge is -2.43. The highest BCUT2D eigenvalue weighted by Crippen LogP contribution is 2.52. The highest BCUT2D eigenvalue weighted by atomic mass is 15.1. The van der Waals surface area contributed by atoms with E-state index in [0.717, 1.165) is 0 Å². The van der Waals surface area contributed by atoms with E-state index in [2.05, 4.69) is 67.3 Å². The van der Waals surface area contributed by atoms with Crippen molar-refractivity contribution in [2.75, 3.05) is 7.05 Å². The van der Waals surface area contributed by atoms with Gasteiger partial charge < -0.3 is 4.90 Å². The summed E-state index contributed by atoms with van der Waals surface area (Å²) >= 11 is 0. The first kappa shape index (κ1) is 13.3. The molecule has 0 aromatic carbocycles. The number of rotatable bonds is 0. The number of nitrogens with zero attached hydrogens (tertiary/aromatic N) is 1. The second kappa shape index (κ2) is 3.65. The Hall–Kier alpha value is -0.720. The minimum Gasteiger partial charge on any atom is -0.352 e. The average molecular weight is 221 g/mol. The summed E-state index contributed by atoms with van der Waals surface area (Å²) in [5.74, 6) is 0. The Morgan fingerprint density at radius 3 is 1.19 bits per heavy atom. The third-order valence-corrected chi connectivity index (χ3v) is 5.53. The van der Waals surface area contributed by atoms with Crippen LogP contribution >= 0.6 is 0 Å². The van der Waals surface area contributed by atoms with Crippen LogP contribution in [0.1, 0.15) is 55.4 Å². The van der Waals surface area contributed by atoms with Crippen molar-refractivity contribution >= 4 is 0 Å². The van der Waals surface area contributed by atoms with E-state index < -0.39 is 0 Å². The van der Waals surface area contributed by atoms with Crippen LogP contribution < -0.4 is 0 Å². The molecule has 0 aliphatic carbocycles. The Bertz CT molecular complexity index is 331. The largest absolute Gasteiger partial charge is 0.352 e. The van der Waals surface area contributed by atoms with E-state index in [1.54, 1.807) is 0 Å². The van der Waals surface area contributed by atoms with Crippen molar-refractivity contribution in [2.45, 2.75) is 55.4 Å². The van der Waals surface area contributed by atoms with Crippen molar-refractivity contribution in [1.82, 2.24) is 4.90 Å². The number of allylic oxidation sites excluding steroid dienone is 4. The summed E-state index contributed by atoms with van der Waals surface area (Å²) in [6, 6.07) is 0. The predicted octanol–water partition coefficient (Wildman–Crippen LogP) is 4.57. The van der Waals surface area contributed by atoms with Crippen LogP contribution in [-0.2, 0) is 0 Å². The van der Waals surface area contributed by atoms with E-state index in [1.165, 1.54) is 22.5 Å². The van der Waals surface area contributed by atoms with Gasteiger partial charge in [-0.2, -0.15) is 0 Å². The molecule has 1 heterocycles. The molecule has 0 unspecified atom stereocenters. The van der Waals surface area contributed by atoms with Crippen LogP contribution in [0.2, 0.25) is 0 Å². The zero-order valence-corrected chi connectivity index (χ0v) is 12.4. The minimum absolute atomic E-state index is 0.202. The van der Waals surface area contributed by atoms with Gasteiger partial charge in [0.15, 0.2) is 0 Å². The molecule has 16 heavy (non-hydrogen) atoms. The fourth-order valence-corrected chi connectivity index (χ4v) is 2.60. The molecule has 0 amide bonds. The molecule has 1 rings (SSSR count). The van der Waals surface area contributed by atoms with Crippen molar-refractivity contribution in [2.24, 2.45) is 10.8 Å². The molecule has 0 aromatic rings. The lowest BCUT2D eigenvalue weighted by molar-refractivity contribution is 0.198. The van der Waals surface area contributed by atoms with Gasteiger partial charge in [-0.05, 0) is 49.7 Å². The molecule has 0 spiro atoms. The number of hydrogen-bond donors (Lipinski definition) is 0. The standard InChI is InChI=1S/C15H27N/c1-10-12(3)16(9)13(4)11(2)15(7,8)14(10,5)6/h1-9H3. The maximum Gasteiger partial charge on any atom is 0.0137 e. The zero-order valence-electron chi connectivity index (χ0n) is 12.4. The minimum atomic E-state index is 0.202. The third-order valence-electron chi connectivity index (χ3n) is 5.53. The summed E-state index contributed by atoms with van der Waals surface area (Å²) in [6.07, 6.45) is 0. The summed E-state index contributed by atoms with van der Waals surface area (Å²) in [5.41, 5.74) is 6.19. The fraction of sp³-hybridized carbons (Fsp3) is 0.733. The van der Waals surface area contributed by atoms with E-state index in [-0.39, 0.29) is 10.8 Å². The summed E-state index contributed by atoms with van der Waals surface area (Å²) < 4.78 is 0. The molecule has 0 radical (unpaired) electrons. The second-order valence-electron chi connectivity index (χ2n) is 6.23. The van der Waals surface area contributed by atoms with E-state index in [9.17, 15) is 0 Å². The maximum absolute atomic E-state index is 2.36. The highest BCUT2D eigenvalue weighted by molar-refractivity contribution is 5.34. The lowest BCUT2D eigenvalue weighted by Crippen LogP contribution is -2.34. The topological polar surface area (TPSA) is 3.24 Å². The van der Waals surface area contributed by atoms with Gasteiger partial charge in [0.2, 0.25) is 0 Å². The third kappa shape index (κ3) is 1.52. The first-order valence-electron chi connectivity index (χ1n) is 6.14. The van der Waals surface area contributed by atoms with Gasteiger partial charge >= 0.3 is 0 Å². The Balaban J connectivity index is 3.59. The molecular formula is C15H27N. The Morgan fingerprint density at radius 2 is 0.938 bits per heavy atom. The van der Waals surface area contributed by atoms with Gasteiger partial charge in [0.25, 0.3) is 0 Å². The van der Waals surface area contributed by atoms with Crippen LogP contribution in [0.3, 0.4) is 0 Å². The molecule has 1 nitrogen and oxygen atoms in total. The van der Waals surface area contributed by atoms with Crippen molar-refractivity contribution in [1.29, 1.82) is 0 Å². The van der Waals surface area contributed by atoms with Gasteiger partial charge in [0.05, 0.1) is 0 Å². The summed E-state index contributed by atoms with van der Waals surface area (Å²) in [6.45, 7) is 18.5. The smallest absolute Gasteiger partial charge is 0.0137 e. The second-order valence-corrected chi connectivity index (χ2v) is 6.23. The molecular weight excluding hydrogens is 194 g/mol. The van der Waals surface area contributed by atoms with Crippen LogP contribution in [0.25, 0.3) is 0 Å². The van der Waals surface area contributed by atoms with Gasteiger partial charge in [-0.1, -0.05) is 27.7 Å². The highest BCUT2D eigenvalue weighted by Gasteiger charge is 2.43. The molecule has 0 atom stereocenters. The number of hydrogen-bond acceptors (Lipinski definition) is 1. The maximum atomic E-state index is 2.36. The normalized spacial score (nSPS) is 24.9. The summed E-state index contributed by atoms with van der Waals surface area (Å²) in [4.78, 5) is 2.33. The van der Waals surface area contributed by atoms with Crippen LogP contribution in [0, 0.1) is 10.8 Å². The predicted molar refractivity (Wildman–Crippen MR) is 72.1 cm³/mol. The molecule has 0 fully saturated rings. The van der Waals surface area contributed by atoms with E-state index in [1.807, 2.05) is 0 Å². The van der Waals surface area contributed by atoms with Crippen LogP contribution in [-0.4, -0.2) is 11.9 Å². The molecule has 1 aliphatic rings. The molecule has 1 aliphatic heterocycles. The molecule has 1 heteroatoms. The van der Waals surface area contributed by atoms with Gasteiger partial charge in [0, 0.05) is 18.4 Å². The van der Waals surface area contributed by atoms with E-state index >= 15 is 0 Å². The Morgan fingerprint density at radius 1 is 0.688 bits per heavy atom. The summed E-state index contributed by atoms with van der Waals surface area (Å²) in [5, 5.41) is 0. The SMILES string of the molecule is CC1=C(C)C(C)(C)C(C)(C)C(C)=C(C)N1C. The van der Waals surface area contributed by atoms with Crippen molar-refractivity contribution in [3.05, 3.63) is 22.5 Å². The Labute approximate surface area is 101 Å². The fourth-order valence-electron chi connectivity index (χ4n) is 2.60. The molecule has 92 valence electrons. The van der Waals surface area contributed by atoms with E-state index in [0.29, 0.717) is 0 Å². The van der Waals surface area contributed by atoms with Gasteiger partial charge in [-0.3, -0.25) is 0 Å². The van der Waals surface area contributed by atoms with E-state index in [4.69, 9.17) is 0 Å². The van der Waals surface area contributed by atoms with Crippen LogP contribution in [0.4, 0.5) is 0 Å². The lowest BCUT2D eigenvalue weighted by atomic mass is 9.61. The zero-order chi connectivity index (χ0) is 12.9. The van der Waals surface area contributed by atoms with Crippen molar-refractivity contribution < 1.29 is 0 Å². The molecule has 0 saturated heterocycles. The van der Waals surface area contributed by atoms with Gasteiger partial charge in [0.1, 0.15) is 0 Å². The quantitative estimate of drug-likeness (QED) is 0.579. The molecule has 0 aromatic heterocycles. The first-order chi connectivity index (χ1) is 7.05. The first-order valence-corrected chi connectivity index (χ1v) is 6.14. The summed E-state index contributed by atoms with van der Waals surface area (Å²) in [7, 11) is 2.18. The van der Waals surface area contributed by atoms with Crippen molar-refractivity contribution in [3.63, 3.8) is 0 Å². The monoisotopic (exact) mass is 221 g/mol. The van der Waals surface area contributed by atoms with Gasteiger partial charge in [-0.15, -0.1) is 0 Å². The molecule has 0 N–H and O–H groups in total.